The lowest BCUT2D eigenvalue weighted by atomic mass is 10.5. The highest BCUT2D eigenvalue weighted by atomic mass is 32.2. The van der Waals surface area contributed by atoms with E-state index in [1.54, 1.807) is 11.8 Å². The topological polar surface area (TPSA) is 29.5 Å². The zero-order valence-electron chi connectivity index (χ0n) is 6.08. The molecule has 0 heterocycles. The van der Waals surface area contributed by atoms with E-state index in [-0.39, 0.29) is 6.61 Å². The first kappa shape index (κ1) is 8.37. The van der Waals surface area contributed by atoms with Crippen LogP contribution < -0.4 is 0 Å². The maximum Gasteiger partial charge on any atom is 0.0921 e. The Morgan fingerprint density at radius 3 is 2.90 bits per heavy atom. The highest BCUT2D eigenvalue weighted by Crippen LogP contribution is 2.28. The second-order valence-electron chi connectivity index (χ2n) is 2.56. The van der Waals surface area contributed by atoms with Gasteiger partial charge in [-0.2, -0.15) is 0 Å². The lowest BCUT2D eigenvalue weighted by Gasteiger charge is -2.00. The standard InChI is InChI=1S/C7H14O2S/c8-3-4-10-6-9-5-7-1-2-7/h7-8H,1-6H2. The third-order valence-electron chi connectivity index (χ3n) is 1.45. The van der Waals surface area contributed by atoms with E-state index < -0.39 is 0 Å². The van der Waals surface area contributed by atoms with Gasteiger partial charge in [0.05, 0.1) is 19.2 Å². The average Bonchev–Trinajstić information content (AvgIpc) is 2.71. The van der Waals surface area contributed by atoms with Gasteiger partial charge < -0.3 is 9.84 Å². The predicted octanol–water partition coefficient (Wildman–Crippen LogP) is 1.10. The Bertz CT molecular complexity index is 83.7. The normalized spacial score (nSPS) is 17.7. The molecule has 0 spiro atoms. The fourth-order valence-electron chi connectivity index (χ4n) is 0.682. The maximum atomic E-state index is 8.41. The summed E-state index contributed by atoms with van der Waals surface area (Å²) in [7, 11) is 0. The van der Waals surface area contributed by atoms with E-state index in [4.69, 9.17) is 9.84 Å². The van der Waals surface area contributed by atoms with Gasteiger partial charge in [0, 0.05) is 5.75 Å². The van der Waals surface area contributed by atoms with Crippen LogP contribution in [0.3, 0.4) is 0 Å². The van der Waals surface area contributed by atoms with Crippen LogP contribution in [0, 0.1) is 5.92 Å². The van der Waals surface area contributed by atoms with Crippen LogP contribution >= 0.6 is 11.8 Å². The van der Waals surface area contributed by atoms with Gasteiger partial charge in [0.1, 0.15) is 0 Å². The Kier molecular flexibility index (Phi) is 4.18. The summed E-state index contributed by atoms with van der Waals surface area (Å²) in [5.41, 5.74) is 0. The first-order chi connectivity index (χ1) is 4.93. The number of rotatable bonds is 6. The zero-order chi connectivity index (χ0) is 7.23. The maximum absolute atomic E-state index is 8.41. The lowest BCUT2D eigenvalue weighted by Crippen LogP contribution is -1.97. The molecule has 0 aliphatic heterocycles. The molecule has 0 saturated heterocycles. The molecule has 1 aliphatic carbocycles. The van der Waals surface area contributed by atoms with Crippen molar-refractivity contribution in [1.29, 1.82) is 0 Å². The molecule has 0 unspecified atom stereocenters. The number of hydrogen-bond acceptors (Lipinski definition) is 3. The Balaban J connectivity index is 1.68. The Morgan fingerprint density at radius 2 is 2.30 bits per heavy atom. The smallest absolute Gasteiger partial charge is 0.0921 e. The molecule has 1 rings (SSSR count). The van der Waals surface area contributed by atoms with E-state index in [0.717, 1.165) is 24.2 Å². The SMILES string of the molecule is OCCSCOCC1CC1. The van der Waals surface area contributed by atoms with Crippen molar-refractivity contribution in [3.63, 3.8) is 0 Å². The minimum atomic E-state index is 0.261. The molecule has 0 bridgehead atoms. The molecule has 0 amide bonds. The first-order valence-electron chi connectivity index (χ1n) is 3.70. The highest BCUT2D eigenvalue weighted by Gasteiger charge is 2.20. The van der Waals surface area contributed by atoms with E-state index in [0.29, 0.717) is 0 Å². The van der Waals surface area contributed by atoms with Crippen molar-refractivity contribution in [2.75, 3.05) is 24.9 Å². The van der Waals surface area contributed by atoms with Gasteiger partial charge in [0.15, 0.2) is 0 Å². The van der Waals surface area contributed by atoms with Crippen LogP contribution in [0.1, 0.15) is 12.8 Å². The second-order valence-corrected chi connectivity index (χ2v) is 3.62. The molecule has 3 heteroatoms. The van der Waals surface area contributed by atoms with E-state index in [1.807, 2.05) is 0 Å². The Morgan fingerprint density at radius 1 is 1.50 bits per heavy atom. The van der Waals surface area contributed by atoms with Gasteiger partial charge in [-0.3, -0.25) is 0 Å². The van der Waals surface area contributed by atoms with Gasteiger partial charge in [-0.05, 0) is 18.8 Å². The summed E-state index contributed by atoms with van der Waals surface area (Å²) >= 11 is 1.65. The van der Waals surface area contributed by atoms with Crippen molar-refractivity contribution < 1.29 is 9.84 Å². The fraction of sp³-hybridized carbons (Fsp3) is 1.00. The molecule has 1 saturated carbocycles. The summed E-state index contributed by atoms with van der Waals surface area (Å²) in [5, 5.41) is 8.41. The third-order valence-corrected chi connectivity index (χ3v) is 2.26. The van der Waals surface area contributed by atoms with Gasteiger partial charge in [-0.15, -0.1) is 11.8 Å². The van der Waals surface area contributed by atoms with Gasteiger partial charge in [-0.1, -0.05) is 0 Å². The van der Waals surface area contributed by atoms with E-state index >= 15 is 0 Å². The minimum Gasteiger partial charge on any atom is -0.396 e. The molecule has 0 atom stereocenters. The van der Waals surface area contributed by atoms with Crippen molar-refractivity contribution in [3.8, 4) is 0 Å². The van der Waals surface area contributed by atoms with Crippen molar-refractivity contribution in [3.05, 3.63) is 0 Å². The zero-order valence-corrected chi connectivity index (χ0v) is 6.90. The van der Waals surface area contributed by atoms with Gasteiger partial charge in [-0.25, -0.2) is 0 Å². The Hall–Kier alpha value is 0.270. The third kappa shape index (κ3) is 4.14. The molecular weight excluding hydrogens is 148 g/mol. The largest absolute Gasteiger partial charge is 0.396 e. The number of ether oxygens (including phenoxy) is 1. The van der Waals surface area contributed by atoms with Gasteiger partial charge in [0.2, 0.25) is 0 Å². The molecule has 0 radical (unpaired) electrons. The van der Waals surface area contributed by atoms with Crippen molar-refractivity contribution >= 4 is 11.8 Å². The summed E-state index contributed by atoms with van der Waals surface area (Å²) < 4.78 is 5.31. The van der Waals surface area contributed by atoms with Gasteiger partial charge in [0.25, 0.3) is 0 Å². The van der Waals surface area contributed by atoms with Crippen LogP contribution in [0.15, 0.2) is 0 Å². The molecule has 0 aromatic heterocycles. The lowest BCUT2D eigenvalue weighted by molar-refractivity contribution is 0.170. The molecule has 10 heavy (non-hydrogen) atoms. The van der Waals surface area contributed by atoms with Crippen LogP contribution in [-0.4, -0.2) is 30.0 Å². The van der Waals surface area contributed by atoms with Crippen LogP contribution in [-0.2, 0) is 4.74 Å². The van der Waals surface area contributed by atoms with Gasteiger partial charge >= 0.3 is 0 Å². The van der Waals surface area contributed by atoms with Crippen molar-refractivity contribution in [2.24, 2.45) is 5.92 Å². The Labute approximate surface area is 66.0 Å². The van der Waals surface area contributed by atoms with Crippen molar-refractivity contribution in [2.45, 2.75) is 12.8 Å². The van der Waals surface area contributed by atoms with Crippen molar-refractivity contribution in [1.82, 2.24) is 0 Å². The highest BCUT2D eigenvalue weighted by molar-refractivity contribution is 7.99. The van der Waals surface area contributed by atoms with Crippen LogP contribution in [0.25, 0.3) is 0 Å². The summed E-state index contributed by atoms with van der Waals surface area (Å²) in [6.45, 7) is 1.19. The molecule has 1 fully saturated rings. The number of hydrogen-bond donors (Lipinski definition) is 1. The molecule has 1 N–H and O–H groups in total. The average molecular weight is 162 g/mol. The number of thioether (sulfide) groups is 1. The summed E-state index contributed by atoms with van der Waals surface area (Å²) in [6, 6.07) is 0. The first-order valence-corrected chi connectivity index (χ1v) is 4.85. The number of aliphatic hydroxyl groups is 1. The van der Waals surface area contributed by atoms with E-state index in [9.17, 15) is 0 Å². The second kappa shape index (κ2) is 4.99. The molecule has 60 valence electrons. The molecule has 2 nitrogen and oxygen atoms in total. The monoisotopic (exact) mass is 162 g/mol. The molecule has 0 aromatic carbocycles. The van der Waals surface area contributed by atoms with Crippen LogP contribution in [0.4, 0.5) is 0 Å². The summed E-state index contributed by atoms with van der Waals surface area (Å²) in [5.74, 6) is 2.40. The predicted molar refractivity (Wildman–Crippen MR) is 43.1 cm³/mol. The van der Waals surface area contributed by atoms with Crippen LogP contribution in [0.5, 0.6) is 0 Å². The van der Waals surface area contributed by atoms with E-state index in [1.165, 1.54) is 12.8 Å². The molecular formula is C7H14O2S. The number of aliphatic hydroxyl groups excluding tert-OH is 1. The summed E-state index contributed by atoms with van der Waals surface area (Å²) in [6.07, 6.45) is 2.70. The fourth-order valence-corrected chi connectivity index (χ4v) is 1.14. The molecule has 0 aromatic rings. The van der Waals surface area contributed by atoms with E-state index in [2.05, 4.69) is 0 Å². The quantitative estimate of drug-likeness (QED) is 0.468. The molecule has 1 aliphatic rings. The summed E-state index contributed by atoms with van der Waals surface area (Å²) in [4.78, 5) is 0. The van der Waals surface area contributed by atoms with Crippen LogP contribution in [0.2, 0.25) is 0 Å². The minimum absolute atomic E-state index is 0.261.